The fourth-order valence-electron chi connectivity index (χ4n) is 1.91. The average molecular weight is 306 g/mol. The van der Waals surface area contributed by atoms with Crippen molar-refractivity contribution in [2.45, 2.75) is 0 Å². The Labute approximate surface area is 125 Å². The third-order valence-corrected chi connectivity index (χ3v) is 3.04. The molecular formula is C13H12ClN5O2. The summed E-state index contributed by atoms with van der Waals surface area (Å²) in [7, 11) is 3.18. The number of H-pyrrole nitrogens is 1. The monoisotopic (exact) mass is 305 g/mol. The first-order valence-corrected chi connectivity index (χ1v) is 6.44. The molecule has 0 saturated heterocycles. The number of benzene rings is 1. The summed E-state index contributed by atoms with van der Waals surface area (Å²) < 4.78 is 10.5. The van der Waals surface area contributed by atoms with Crippen LogP contribution in [0.15, 0.2) is 24.5 Å². The lowest BCUT2D eigenvalue weighted by molar-refractivity contribution is 0.395. The zero-order valence-electron chi connectivity index (χ0n) is 11.3. The van der Waals surface area contributed by atoms with E-state index in [2.05, 4.69) is 25.3 Å². The molecule has 0 spiro atoms. The third-order valence-electron chi connectivity index (χ3n) is 2.87. The highest BCUT2D eigenvalue weighted by atomic mass is 35.5. The molecule has 2 N–H and O–H groups in total. The van der Waals surface area contributed by atoms with Gasteiger partial charge in [-0.15, -0.1) is 0 Å². The highest BCUT2D eigenvalue weighted by Gasteiger charge is 2.10. The van der Waals surface area contributed by atoms with Crippen LogP contribution in [0.1, 0.15) is 0 Å². The highest BCUT2D eigenvalue weighted by Crippen LogP contribution is 2.29. The van der Waals surface area contributed by atoms with Gasteiger partial charge >= 0.3 is 0 Å². The summed E-state index contributed by atoms with van der Waals surface area (Å²) in [4.78, 5) is 15.2. The van der Waals surface area contributed by atoms with Crippen LogP contribution in [0, 0.1) is 0 Å². The normalized spacial score (nSPS) is 10.6. The first-order chi connectivity index (χ1) is 10.2. The largest absolute Gasteiger partial charge is 0.497 e. The number of ether oxygens (including phenoxy) is 2. The van der Waals surface area contributed by atoms with Crippen molar-refractivity contribution in [2.24, 2.45) is 0 Å². The number of nitrogens with zero attached hydrogens (tertiary/aromatic N) is 3. The molecule has 21 heavy (non-hydrogen) atoms. The van der Waals surface area contributed by atoms with Gasteiger partial charge in [0.2, 0.25) is 5.28 Å². The van der Waals surface area contributed by atoms with E-state index in [1.165, 1.54) is 6.33 Å². The van der Waals surface area contributed by atoms with Crippen molar-refractivity contribution in [3.63, 3.8) is 0 Å². The highest BCUT2D eigenvalue weighted by molar-refractivity contribution is 6.28. The molecule has 3 aromatic rings. The predicted octanol–water partition coefficient (Wildman–Crippen LogP) is 2.77. The lowest BCUT2D eigenvalue weighted by Gasteiger charge is -2.10. The number of methoxy groups -OCH3 is 2. The van der Waals surface area contributed by atoms with Crippen molar-refractivity contribution in [3.05, 3.63) is 29.8 Å². The van der Waals surface area contributed by atoms with E-state index in [1.54, 1.807) is 20.3 Å². The molecule has 1 aromatic carbocycles. The van der Waals surface area contributed by atoms with E-state index < -0.39 is 0 Å². The number of fused-ring (bicyclic) bond motifs is 1. The molecule has 0 unspecified atom stereocenters. The van der Waals surface area contributed by atoms with Crippen LogP contribution in [0.2, 0.25) is 5.28 Å². The van der Waals surface area contributed by atoms with Crippen LogP contribution in [0.25, 0.3) is 11.2 Å². The minimum absolute atomic E-state index is 0.118. The number of rotatable bonds is 4. The topological polar surface area (TPSA) is 85.0 Å². The number of imidazole rings is 1. The van der Waals surface area contributed by atoms with Crippen LogP contribution >= 0.6 is 11.6 Å². The molecule has 0 amide bonds. The Morgan fingerprint density at radius 2 is 1.81 bits per heavy atom. The number of aromatic amines is 1. The van der Waals surface area contributed by atoms with E-state index in [1.807, 2.05) is 12.1 Å². The second-order valence-corrected chi connectivity index (χ2v) is 4.51. The molecule has 0 saturated carbocycles. The maximum Gasteiger partial charge on any atom is 0.226 e. The van der Waals surface area contributed by atoms with Gasteiger partial charge in [0, 0.05) is 23.9 Å². The summed E-state index contributed by atoms with van der Waals surface area (Å²) in [5, 5.41) is 3.27. The summed E-state index contributed by atoms with van der Waals surface area (Å²) in [5.41, 5.74) is 1.91. The van der Waals surface area contributed by atoms with Gasteiger partial charge in [0.15, 0.2) is 11.5 Å². The maximum atomic E-state index is 5.90. The number of halogens is 1. The molecule has 0 aliphatic rings. The average Bonchev–Trinajstić information content (AvgIpc) is 2.95. The van der Waals surface area contributed by atoms with E-state index in [0.717, 1.165) is 5.69 Å². The Morgan fingerprint density at radius 3 is 2.48 bits per heavy atom. The molecule has 0 aliphatic carbocycles. The van der Waals surface area contributed by atoms with E-state index in [-0.39, 0.29) is 5.28 Å². The number of aromatic nitrogens is 4. The second kappa shape index (κ2) is 5.45. The predicted molar refractivity (Wildman–Crippen MR) is 79.5 cm³/mol. The molecule has 108 valence electrons. The summed E-state index contributed by atoms with van der Waals surface area (Å²) >= 11 is 5.90. The van der Waals surface area contributed by atoms with Gasteiger partial charge in [-0.25, -0.2) is 4.98 Å². The molecule has 3 rings (SSSR count). The number of anilines is 2. The zero-order chi connectivity index (χ0) is 14.8. The molecule has 0 bridgehead atoms. The van der Waals surface area contributed by atoms with Crippen molar-refractivity contribution >= 4 is 34.3 Å². The van der Waals surface area contributed by atoms with Crippen molar-refractivity contribution in [1.29, 1.82) is 0 Å². The molecule has 0 fully saturated rings. The first kappa shape index (κ1) is 13.4. The molecule has 7 nitrogen and oxygen atoms in total. The first-order valence-electron chi connectivity index (χ1n) is 6.06. The van der Waals surface area contributed by atoms with E-state index >= 15 is 0 Å². The molecule has 8 heteroatoms. The van der Waals surface area contributed by atoms with Crippen molar-refractivity contribution in [1.82, 2.24) is 19.9 Å². The Hall–Kier alpha value is -2.54. The van der Waals surface area contributed by atoms with Gasteiger partial charge in [-0.3, -0.25) is 0 Å². The number of nitrogens with one attached hydrogen (secondary N) is 2. The Bertz CT molecular complexity index is 767. The minimum atomic E-state index is 0.118. The van der Waals surface area contributed by atoms with Gasteiger partial charge in [0.1, 0.15) is 17.0 Å². The molecule has 2 heterocycles. The summed E-state index contributed by atoms with van der Waals surface area (Å²) in [6.45, 7) is 0. The fraction of sp³-hybridized carbons (Fsp3) is 0.154. The van der Waals surface area contributed by atoms with Crippen molar-refractivity contribution in [3.8, 4) is 11.5 Å². The minimum Gasteiger partial charge on any atom is -0.497 e. The van der Waals surface area contributed by atoms with Crippen LogP contribution in [0.5, 0.6) is 11.5 Å². The lowest BCUT2D eigenvalue weighted by atomic mass is 10.2. The van der Waals surface area contributed by atoms with Crippen LogP contribution in [-0.2, 0) is 0 Å². The van der Waals surface area contributed by atoms with Crippen molar-refractivity contribution in [2.75, 3.05) is 19.5 Å². The SMILES string of the molecule is COc1cc(Nc2nc(Cl)nc3nc[nH]c23)cc(OC)c1. The smallest absolute Gasteiger partial charge is 0.226 e. The van der Waals surface area contributed by atoms with E-state index in [4.69, 9.17) is 21.1 Å². The van der Waals surface area contributed by atoms with Gasteiger partial charge < -0.3 is 19.8 Å². The summed E-state index contributed by atoms with van der Waals surface area (Å²) in [6.07, 6.45) is 1.53. The second-order valence-electron chi connectivity index (χ2n) is 4.17. The quantitative estimate of drug-likeness (QED) is 0.721. The van der Waals surface area contributed by atoms with Gasteiger partial charge in [-0.2, -0.15) is 9.97 Å². The third kappa shape index (κ3) is 2.68. The Morgan fingerprint density at radius 1 is 1.10 bits per heavy atom. The van der Waals surface area contributed by atoms with Gasteiger partial charge in [0.05, 0.1) is 20.5 Å². The Kier molecular flexibility index (Phi) is 3.49. The standard InChI is InChI=1S/C13H12ClN5O2/c1-20-8-3-7(4-9(5-8)21-2)17-12-10-11(16-6-15-10)18-13(14)19-12/h3-6H,1-2H3,(H2,15,16,17,18,19). The molecule has 0 aliphatic heterocycles. The number of hydrogen-bond acceptors (Lipinski definition) is 6. The zero-order valence-corrected chi connectivity index (χ0v) is 12.1. The molecule has 2 aromatic heterocycles. The van der Waals surface area contributed by atoms with Crippen LogP contribution < -0.4 is 14.8 Å². The van der Waals surface area contributed by atoms with Crippen LogP contribution in [0.3, 0.4) is 0 Å². The van der Waals surface area contributed by atoms with E-state index in [0.29, 0.717) is 28.5 Å². The van der Waals surface area contributed by atoms with Gasteiger partial charge in [-0.1, -0.05) is 0 Å². The fourth-order valence-corrected chi connectivity index (χ4v) is 2.08. The molecular weight excluding hydrogens is 294 g/mol. The molecule has 0 radical (unpaired) electrons. The summed E-state index contributed by atoms with van der Waals surface area (Å²) in [6, 6.07) is 5.42. The lowest BCUT2D eigenvalue weighted by Crippen LogP contribution is -1.98. The number of hydrogen-bond donors (Lipinski definition) is 2. The Balaban J connectivity index is 2.03. The van der Waals surface area contributed by atoms with Crippen LogP contribution in [-0.4, -0.2) is 34.2 Å². The summed E-state index contributed by atoms with van der Waals surface area (Å²) in [5.74, 6) is 1.86. The maximum absolute atomic E-state index is 5.90. The van der Waals surface area contributed by atoms with Crippen LogP contribution in [0.4, 0.5) is 11.5 Å². The van der Waals surface area contributed by atoms with Gasteiger partial charge in [0.25, 0.3) is 0 Å². The van der Waals surface area contributed by atoms with Gasteiger partial charge in [-0.05, 0) is 11.6 Å². The molecule has 0 atom stereocenters. The van der Waals surface area contributed by atoms with E-state index in [9.17, 15) is 0 Å². The van der Waals surface area contributed by atoms with Crippen molar-refractivity contribution < 1.29 is 9.47 Å².